The molecule has 5 heteroatoms. The van der Waals surface area contributed by atoms with Crippen LogP contribution in [0.4, 0.5) is 0 Å². The summed E-state index contributed by atoms with van der Waals surface area (Å²) in [7, 11) is 0. The lowest BCUT2D eigenvalue weighted by atomic mass is 10.1. The number of para-hydroxylation sites is 4. The molecule has 0 aliphatic carbocycles. The third kappa shape index (κ3) is 4.15. The van der Waals surface area contributed by atoms with Gasteiger partial charge in [-0.25, -0.2) is 4.98 Å². The molecule has 5 nitrogen and oxygen atoms in total. The maximum Gasteiger partial charge on any atom is 0.231 e. The second kappa shape index (κ2) is 10.8. The molecule has 0 saturated heterocycles. The van der Waals surface area contributed by atoms with Crippen molar-refractivity contribution < 1.29 is 4.42 Å². The topological polar surface area (TPSA) is 48.8 Å². The maximum atomic E-state index is 6.29. The fourth-order valence-electron chi connectivity index (χ4n) is 7.88. The molecule has 51 heavy (non-hydrogen) atoms. The highest BCUT2D eigenvalue weighted by Gasteiger charge is 2.20. The number of hydrogen-bond acceptors (Lipinski definition) is 3. The van der Waals surface area contributed by atoms with Gasteiger partial charge in [-0.1, -0.05) is 103 Å². The normalized spacial score (nSPS) is 11.9. The summed E-state index contributed by atoms with van der Waals surface area (Å²) < 4.78 is 11.1. The first-order chi connectivity index (χ1) is 25.3. The van der Waals surface area contributed by atoms with Gasteiger partial charge in [0, 0.05) is 49.4 Å². The first-order valence-electron chi connectivity index (χ1n) is 17.2. The fraction of sp³-hybridized carbons (Fsp3) is 0. The third-order valence-corrected chi connectivity index (χ3v) is 10.2. The van der Waals surface area contributed by atoms with Crippen LogP contribution in [0.15, 0.2) is 174 Å². The van der Waals surface area contributed by atoms with E-state index in [-0.39, 0.29) is 0 Å². The van der Waals surface area contributed by atoms with Crippen LogP contribution in [0.1, 0.15) is 0 Å². The lowest BCUT2D eigenvalue weighted by Crippen LogP contribution is -1.96. The molecule has 11 rings (SSSR count). The van der Waals surface area contributed by atoms with Gasteiger partial charge in [-0.2, -0.15) is 4.98 Å². The van der Waals surface area contributed by atoms with Crippen LogP contribution < -0.4 is 0 Å². The second-order valence-corrected chi connectivity index (χ2v) is 13.0. The predicted octanol–water partition coefficient (Wildman–Crippen LogP) is 11.9. The minimum Gasteiger partial charge on any atom is -0.438 e. The highest BCUT2D eigenvalue weighted by Crippen LogP contribution is 2.40. The monoisotopic (exact) mass is 652 g/mol. The fourth-order valence-corrected chi connectivity index (χ4v) is 7.88. The van der Waals surface area contributed by atoms with Crippen molar-refractivity contribution in [3.05, 3.63) is 170 Å². The van der Waals surface area contributed by atoms with Gasteiger partial charge in [-0.05, 0) is 66.7 Å². The summed E-state index contributed by atoms with van der Waals surface area (Å²) in [6.07, 6.45) is 0. The van der Waals surface area contributed by atoms with Crippen LogP contribution in [-0.2, 0) is 0 Å². The van der Waals surface area contributed by atoms with Gasteiger partial charge in [0.1, 0.15) is 5.58 Å². The highest BCUT2D eigenvalue weighted by molar-refractivity contribution is 6.19. The van der Waals surface area contributed by atoms with Crippen molar-refractivity contribution in [1.82, 2.24) is 19.1 Å². The van der Waals surface area contributed by atoms with E-state index in [9.17, 15) is 0 Å². The Balaban J connectivity index is 1.11. The predicted molar refractivity (Wildman–Crippen MR) is 209 cm³/mol. The zero-order chi connectivity index (χ0) is 33.5. The van der Waals surface area contributed by atoms with Crippen molar-refractivity contribution in [3.8, 4) is 34.0 Å². The molecular weight excluding hydrogens is 625 g/mol. The van der Waals surface area contributed by atoms with Crippen LogP contribution in [0.3, 0.4) is 0 Å². The smallest absolute Gasteiger partial charge is 0.231 e. The molecule has 0 unspecified atom stereocenters. The molecular formula is C46H28N4O. The number of benzene rings is 7. The van der Waals surface area contributed by atoms with Crippen molar-refractivity contribution in [3.63, 3.8) is 0 Å². The Kier molecular flexibility index (Phi) is 5.89. The summed E-state index contributed by atoms with van der Waals surface area (Å²) in [6, 6.07) is 59.7. The molecule has 0 aliphatic rings. The Morgan fingerprint density at radius 1 is 0.392 bits per heavy atom. The number of hydrogen-bond donors (Lipinski definition) is 0. The maximum absolute atomic E-state index is 6.29. The van der Waals surface area contributed by atoms with Gasteiger partial charge in [0.2, 0.25) is 5.71 Å². The van der Waals surface area contributed by atoms with E-state index in [2.05, 4.69) is 143 Å². The molecule has 7 aromatic carbocycles. The Morgan fingerprint density at radius 3 is 1.57 bits per heavy atom. The molecule has 0 spiro atoms. The second-order valence-electron chi connectivity index (χ2n) is 13.0. The minimum absolute atomic E-state index is 0.588. The van der Waals surface area contributed by atoms with Crippen LogP contribution in [0.2, 0.25) is 0 Å². The van der Waals surface area contributed by atoms with Gasteiger partial charge in [0.05, 0.1) is 33.1 Å². The number of furan rings is 1. The summed E-state index contributed by atoms with van der Waals surface area (Å²) in [4.78, 5) is 10.1. The van der Waals surface area contributed by atoms with Gasteiger partial charge in [0.25, 0.3) is 0 Å². The van der Waals surface area contributed by atoms with E-state index in [0.717, 1.165) is 50.1 Å². The summed E-state index contributed by atoms with van der Waals surface area (Å²) in [5, 5.41) is 6.84. The van der Waals surface area contributed by atoms with Crippen LogP contribution in [0.25, 0.3) is 99.7 Å². The van der Waals surface area contributed by atoms with Gasteiger partial charge in [-0.3, -0.25) is 0 Å². The summed E-state index contributed by atoms with van der Waals surface area (Å²) in [5.74, 6) is 0.629. The zero-order valence-corrected chi connectivity index (χ0v) is 27.4. The molecule has 238 valence electrons. The van der Waals surface area contributed by atoms with Crippen LogP contribution in [0, 0.1) is 0 Å². The van der Waals surface area contributed by atoms with Crippen LogP contribution in [-0.4, -0.2) is 19.1 Å². The average molecular weight is 653 g/mol. The highest BCUT2D eigenvalue weighted by atomic mass is 16.3. The van der Waals surface area contributed by atoms with E-state index in [1.807, 2.05) is 36.4 Å². The molecule has 0 bridgehead atoms. The molecule has 11 aromatic rings. The summed E-state index contributed by atoms with van der Waals surface area (Å²) >= 11 is 0. The molecule has 0 amide bonds. The van der Waals surface area contributed by atoms with Crippen molar-refractivity contribution in [2.75, 3.05) is 0 Å². The number of nitrogens with zero attached hydrogens (tertiary/aromatic N) is 4. The molecule has 0 saturated carbocycles. The quantitative estimate of drug-likeness (QED) is 0.190. The molecule has 4 aromatic heterocycles. The summed E-state index contributed by atoms with van der Waals surface area (Å²) in [5.41, 5.74) is 11.2. The molecule has 0 N–H and O–H groups in total. The molecule has 0 atom stereocenters. The first kappa shape index (κ1) is 27.9. The standard InChI is InChI=1S/C46H28N4O/c1-3-13-29(14-4-1)44-43-35-19-9-12-22-42(35)51-46(43)48-45(47-44)30-23-25-32(26-24-30)50-39-21-11-8-18-34(39)37-27-40-36(28-41(37)50)33-17-7-10-20-38(33)49(40)31-15-5-2-6-16-31/h1-28H. The molecule has 0 radical (unpaired) electrons. The van der Waals surface area contributed by atoms with E-state index in [4.69, 9.17) is 14.4 Å². The molecule has 0 aliphatic heterocycles. The van der Waals surface area contributed by atoms with E-state index in [1.54, 1.807) is 0 Å². The molecule has 0 fully saturated rings. The average Bonchev–Trinajstić information content (AvgIpc) is 3.85. The minimum atomic E-state index is 0.588. The number of aromatic nitrogens is 4. The summed E-state index contributed by atoms with van der Waals surface area (Å²) in [6.45, 7) is 0. The van der Waals surface area contributed by atoms with Gasteiger partial charge in [0.15, 0.2) is 5.82 Å². The van der Waals surface area contributed by atoms with E-state index in [1.165, 1.54) is 38.1 Å². The number of rotatable bonds is 4. The van der Waals surface area contributed by atoms with Crippen LogP contribution in [0.5, 0.6) is 0 Å². The van der Waals surface area contributed by atoms with Crippen LogP contribution >= 0.6 is 0 Å². The van der Waals surface area contributed by atoms with Gasteiger partial charge >= 0.3 is 0 Å². The third-order valence-electron chi connectivity index (χ3n) is 10.2. The first-order valence-corrected chi connectivity index (χ1v) is 17.2. The van der Waals surface area contributed by atoms with Crippen molar-refractivity contribution in [2.24, 2.45) is 0 Å². The Bertz CT molecular complexity index is 3120. The Morgan fingerprint density at radius 2 is 0.922 bits per heavy atom. The SMILES string of the molecule is c1ccc(-c2nc(-c3ccc(-n4c5ccccc5c5cc6c(cc54)c4ccccc4n6-c4ccccc4)cc3)nc3oc4ccccc4c23)cc1. The van der Waals surface area contributed by atoms with Crippen molar-refractivity contribution in [1.29, 1.82) is 0 Å². The van der Waals surface area contributed by atoms with Crippen molar-refractivity contribution in [2.45, 2.75) is 0 Å². The Hall–Kier alpha value is -6.98. The largest absolute Gasteiger partial charge is 0.438 e. The van der Waals surface area contributed by atoms with Crippen molar-refractivity contribution >= 4 is 65.7 Å². The lowest BCUT2D eigenvalue weighted by Gasteiger charge is -2.10. The van der Waals surface area contributed by atoms with E-state index >= 15 is 0 Å². The number of fused-ring (bicyclic) bond motifs is 9. The van der Waals surface area contributed by atoms with Gasteiger partial charge in [-0.15, -0.1) is 0 Å². The van der Waals surface area contributed by atoms with E-state index < -0.39 is 0 Å². The molecule has 4 heterocycles. The Labute approximate surface area is 292 Å². The zero-order valence-electron chi connectivity index (χ0n) is 27.4. The van der Waals surface area contributed by atoms with E-state index in [0.29, 0.717) is 11.5 Å². The lowest BCUT2D eigenvalue weighted by molar-refractivity contribution is 0.653. The van der Waals surface area contributed by atoms with Gasteiger partial charge < -0.3 is 13.6 Å².